The summed E-state index contributed by atoms with van der Waals surface area (Å²) < 4.78 is 0. The van der Waals surface area contributed by atoms with Crippen LogP contribution in [-0.2, 0) is 4.79 Å². The molecule has 0 spiro atoms. The highest BCUT2D eigenvalue weighted by Crippen LogP contribution is 2.29. The Hall–Kier alpha value is -1.72. The quantitative estimate of drug-likeness (QED) is 0.909. The van der Waals surface area contributed by atoms with Gasteiger partial charge in [0.1, 0.15) is 0 Å². The number of aryl methyl sites for hydroxylation is 1. The zero-order valence-electron chi connectivity index (χ0n) is 12.7. The van der Waals surface area contributed by atoms with Crippen molar-refractivity contribution in [1.29, 1.82) is 0 Å². The maximum Gasteiger partial charge on any atom is 0.229 e. The topological polar surface area (TPSA) is 68.0 Å². The third-order valence-corrected chi connectivity index (χ3v) is 5.00. The van der Waals surface area contributed by atoms with E-state index in [1.165, 1.54) is 16.9 Å². The lowest BCUT2D eigenvalue weighted by molar-refractivity contribution is -0.120. The van der Waals surface area contributed by atoms with Gasteiger partial charge in [-0.1, -0.05) is 30.7 Å². The minimum absolute atomic E-state index is 0.0227. The van der Waals surface area contributed by atoms with Crippen molar-refractivity contribution < 1.29 is 4.79 Å². The molecule has 1 aliphatic rings. The van der Waals surface area contributed by atoms with Gasteiger partial charge in [0.2, 0.25) is 5.91 Å². The molecule has 1 fully saturated rings. The summed E-state index contributed by atoms with van der Waals surface area (Å²) in [7, 11) is 0. The molecule has 1 aromatic heterocycles. The highest BCUT2D eigenvalue weighted by atomic mass is 32.1. The number of benzene rings is 1. The van der Waals surface area contributed by atoms with Crippen molar-refractivity contribution in [1.82, 2.24) is 4.98 Å². The van der Waals surface area contributed by atoms with Gasteiger partial charge in [-0.25, -0.2) is 4.98 Å². The van der Waals surface area contributed by atoms with E-state index in [2.05, 4.69) is 29.4 Å². The van der Waals surface area contributed by atoms with Crippen LogP contribution in [0.4, 0.5) is 5.13 Å². The third-order valence-electron chi connectivity index (χ3n) is 4.24. The zero-order valence-corrected chi connectivity index (χ0v) is 13.5. The second-order valence-corrected chi connectivity index (χ2v) is 6.82. The van der Waals surface area contributed by atoms with Crippen LogP contribution in [0.5, 0.6) is 0 Å². The van der Waals surface area contributed by atoms with Crippen molar-refractivity contribution in [2.75, 3.05) is 5.32 Å². The summed E-state index contributed by atoms with van der Waals surface area (Å²) in [6.45, 7) is 2.07. The monoisotopic (exact) mass is 315 g/mol. The first kappa shape index (κ1) is 15.2. The fourth-order valence-electron chi connectivity index (χ4n) is 2.99. The molecule has 0 saturated heterocycles. The van der Waals surface area contributed by atoms with Crippen molar-refractivity contribution >= 4 is 22.4 Å². The van der Waals surface area contributed by atoms with Crippen LogP contribution in [0, 0.1) is 12.8 Å². The minimum atomic E-state index is 0.0227. The maximum atomic E-state index is 12.3. The van der Waals surface area contributed by atoms with Crippen LogP contribution in [0.3, 0.4) is 0 Å². The Labute approximate surface area is 134 Å². The number of aromatic nitrogens is 1. The summed E-state index contributed by atoms with van der Waals surface area (Å²) >= 11 is 1.47. The molecule has 5 heteroatoms. The molecule has 116 valence electrons. The number of thiazole rings is 1. The summed E-state index contributed by atoms with van der Waals surface area (Å²) in [5.74, 6) is 0.0791. The van der Waals surface area contributed by atoms with Gasteiger partial charge >= 0.3 is 0 Å². The first-order valence-corrected chi connectivity index (χ1v) is 8.59. The number of anilines is 1. The van der Waals surface area contributed by atoms with Gasteiger partial charge in [-0.2, -0.15) is 0 Å². The lowest BCUT2D eigenvalue weighted by Gasteiger charge is -2.25. The summed E-state index contributed by atoms with van der Waals surface area (Å²) in [4.78, 5) is 16.9. The Bertz CT molecular complexity index is 667. The van der Waals surface area contributed by atoms with Gasteiger partial charge in [0.05, 0.1) is 5.69 Å². The normalized spacial score (nSPS) is 21.5. The molecule has 0 radical (unpaired) electrons. The number of carbonyl (C=O) groups is 1. The van der Waals surface area contributed by atoms with E-state index in [4.69, 9.17) is 5.73 Å². The third kappa shape index (κ3) is 3.36. The minimum Gasteiger partial charge on any atom is -0.328 e. The van der Waals surface area contributed by atoms with Gasteiger partial charge in [0, 0.05) is 22.9 Å². The van der Waals surface area contributed by atoms with E-state index in [1.54, 1.807) is 0 Å². The summed E-state index contributed by atoms with van der Waals surface area (Å²) in [5, 5.41) is 5.61. The smallest absolute Gasteiger partial charge is 0.229 e. The molecule has 2 unspecified atom stereocenters. The molecule has 2 aromatic rings. The van der Waals surface area contributed by atoms with Gasteiger partial charge < -0.3 is 11.1 Å². The predicted octanol–water partition coefficient (Wildman–Crippen LogP) is 3.57. The molecular formula is C17H21N3OS. The Balaban J connectivity index is 1.69. The summed E-state index contributed by atoms with van der Waals surface area (Å²) in [6.07, 6.45) is 3.77. The van der Waals surface area contributed by atoms with Crippen LogP contribution in [0.1, 0.15) is 31.2 Å². The lowest BCUT2D eigenvalue weighted by Crippen LogP contribution is -2.34. The fourth-order valence-corrected chi connectivity index (χ4v) is 3.70. The zero-order chi connectivity index (χ0) is 15.5. The second kappa shape index (κ2) is 6.58. The van der Waals surface area contributed by atoms with E-state index in [-0.39, 0.29) is 17.9 Å². The number of nitrogens with two attached hydrogens (primary N) is 1. The number of hydrogen-bond acceptors (Lipinski definition) is 4. The van der Waals surface area contributed by atoms with E-state index >= 15 is 0 Å². The molecule has 3 rings (SSSR count). The molecule has 4 nitrogen and oxygen atoms in total. The number of nitrogens with zero attached hydrogens (tertiary/aromatic N) is 1. The second-order valence-electron chi connectivity index (χ2n) is 5.97. The molecule has 2 atom stereocenters. The Morgan fingerprint density at radius 2 is 2.18 bits per heavy atom. The van der Waals surface area contributed by atoms with Crippen LogP contribution >= 0.6 is 11.3 Å². The predicted molar refractivity (Wildman–Crippen MR) is 90.9 cm³/mol. The molecule has 1 heterocycles. The van der Waals surface area contributed by atoms with Crippen molar-refractivity contribution in [3.8, 4) is 11.3 Å². The number of nitrogens with one attached hydrogen (secondary N) is 1. The molecule has 22 heavy (non-hydrogen) atoms. The first-order valence-electron chi connectivity index (χ1n) is 7.71. The van der Waals surface area contributed by atoms with Gasteiger partial charge in [0.15, 0.2) is 5.13 Å². The van der Waals surface area contributed by atoms with E-state index in [0.29, 0.717) is 5.13 Å². The standard InChI is InChI=1S/C17H21N3OS/c1-11-5-2-3-8-14(11)15-10-22-17(19-15)20-16(21)12-6-4-7-13(18)9-12/h2-3,5,8,10,12-13H,4,6-7,9,18H2,1H3,(H,19,20,21). The van der Waals surface area contributed by atoms with Gasteiger partial charge in [-0.15, -0.1) is 11.3 Å². The van der Waals surface area contributed by atoms with E-state index < -0.39 is 0 Å². The average Bonchev–Trinajstić information content (AvgIpc) is 2.96. The molecule has 1 aromatic carbocycles. The molecule has 1 saturated carbocycles. The van der Waals surface area contributed by atoms with E-state index in [9.17, 15) is 4.79 Å². The maximum absolute atomic E-state index is 12.3. The van der Waals surface area contributed by atoms with Crippen molar-refractivity contribution in [3.05, 3.63) is 35.2 Å². The average molecular weight is 315 g/mol. The molecule has 1 aliphatic carbocycles. The van der Waals surface area contributed by atoms with Crippen molar-refractivity contribution in [2.45, 2.75) is 38.6 Å². The summed E-state index contributed by atoms with van der Waals surface area (Å²) in [5.41, 5.74) is 9.17. The fraction of sp³-hybridized carbons (Fsp3) is 0.412. The lowest BCUT2D eigenvalue weighted by atomic mass is 9.86. The molecule has 3 N–H and O–H groups in total. The van der Waals surface area contributed by atoms with Crippen LogP contribution < -0.4 is 11.1 Å². The Morgan fingerprint density at radius 1 is 1.36 bits per heavy atom. The van der Waals surface area contributed by atoms with Crippen LogP contribution in [0.25, 0.3) is 11.3 Å². The molecular weight excluding hydrogens is 294 g/mol. The van der Waals surface area contributed by atoms with Crippen LogP contribution in [-0.4, -0.2) is 16.9 Å². The molecule has 1 amide bonds. The number of rotatable bonds is 3. The van der Waals surface area contributed by atoms with E-state index in [1.807, 2.05) is 17.5 Å². The largest absolute Gasteiger partial charge is 0.328 e. The first-order chi connectivity index (χ1) is 10.6. The van der Waals surface area contributed by atoms with Crippen molar-refractivity contribution in [3.63, 3.8) is 0 Å². The number of amides is 1. The van der Waals surface area contributed by atoms with Crippen LogP contribution in [0.2, 0.25) is 0 Å². The van der Waals surface area contributed by atoms with Crippen LogP contribution in [0.15, 0.2) is 29.6 Å². The van der Waals surface area contributed by atoms with E-state index in [0.717, 1.165) is 36.9 Å². The van der Waals surface area contributed by atoms with Crippen molar-refractivity contribution in [2.24, 2.45) is 11.7 Å². The van der Waals surface area contributed by atoms with Gasteiger partial charge in [0.25, 0.3) is 0 Å². The van der Waals surface area contributed by atoms with Gasteiger partial charge in [-0.05, 0) is 31.7 Å². The Morgan fingerprint density at radius 3 is 2.95 bits per heavy atom. The SMILES string of the molecule is Cc1ccccc1-c1csc(NC(=O)C2CCCC(N)C2)n1. The molecule has 0 aliphatic heterocycles. The summed E-state index contributed by atoms with van der Waals surface area (Å²) in [6, 6.07) is 8.29. The van der Waals surface area contributed by atoms with Gasteiger partial charge in [-0.3, -0.25) is 4.79 Å². The highest BCUT2D eigenvalue weighted by molar-refractivity contribution is 7.14. The Kier molecular flexibility index (Phi) is 4.55. The number of hydrogen-bond donors (Lipinski definition) is 2. The molecule has 0 bridgehead atoms. The highest BCUT2D eigenvalue weighted by Gasteiger charge is 2.25. The number of carbonyl (C=O) groups excluding carboxylic acids is 1.